The van der Waals surface area contributed by atoms with Crippen LogP contribution in [-0.2, 0) is 0 Å². The van der Waals surface area contributed by atoms with Gasteiger partial charge in [0.15, 0.2) is 0 Å². The number of anilines is 1. The summed E-state index contributed by atoms with van der Waals surface area (Å²) in [5, 5.41) is 0. The van der Waals surface area contributed by atoms with Crippen molar-refractivity contribution in [3.63, 3.8) is 0 Å². The molecule has 6 heteroatoms. The van der Waals surface area contributed by atoms with Crippen molar-refractivity contribution in [2.45, 2.75) is 59.4 Å². The molecule has 1 amide bonds. The van der Waals surface area contributed by atoms with E-state index in [0.717, 1.165) is 68.9 Å². The van der Waals surface area contributed by atoms with Crippen LogP contribution < -0.4 is 4.90 Å². The monoisotopic (exact) mass is 373 g/mol. The number of likely N-dealkylation sites (tertiary alicyclic amines) is 1. The summed E-state index contributed by atoms with van der Waals surface area (Å²) in [7, 11) is 4.25. The van der Waals surface area contributed by atoms with E-state index < -0.39 is 0 Å². The van der Waals surface area contributed by atoms with E-state index in [-0.39, 0.29) is 11.3 Å². The average Bonchev–Trinajstić information content (AvgIpc) is 3.31. The number of amides is 1. The molecule has 0 unspecified atom stereocenters. The van der Waals surface area contributed by atoms with Crippen LogP contribution in [0.4, 0.5) is 5.82 Å². The normalized spacial score (nSPS) is 22.1. The van der Waals surface area contributed by atoms with Crippen LogP contribution in [0.5, 0.6) is 0 Å². The summed E-state index contributed by atoms with van der Waals surface area (Å²) in [5.41, 5.74) is 2.27. The second-order valence-electron chi connectivity index (χ2n) is 8.62. The van der Waals surface area contributed by atoms with Crippen LogP contribution in [-0.4, -0.2) is 72.0 Å². The van der Waals surface area contributed by atoms with E-state index in [0.29, 0.717) is 11.9 Å². The van der Waals surface area contributed by atoms with E-state index >= 15 is 0 Å². The highest BCUT2D eigenvalue weighted by Gasteiger charge is 2.38. The maximum absolute atomic E-state index is 13.1. The molecule has 1 aromatic heterocycles. The third-order valence-corrected chi connectivity index (χ3v) is 6.97. The van der Waals surface area contributed by atoms with Gasteiger partial charge in [-0.15, -0.1) is 0 Å². The van der Waals surface area contributed by atoms with Crippen LogP contribution in [0.2, 0.25) is 0 Å². The first-order valence-corrected chi connectivity index (χ1v) is 10.4. The molecule has 0 N–H and O–H groups in total. The third kappa shape index (κ3) is 3.82. The maximum Gasteiger partial charge on any atom is 0.291 e. The molecule has 1 aromatic rings. The Morgan fingerprint density at radius 3 is 2.44 bits per heavy atom. The highest BCUT2D eigenvalue weighted by Crippen LogP contribution is 2.37. The van der Waals surface area contributed by atoms with Crippen LogP contribution in [0, 0.1) is 19.3 Å². The lowest BCUT2D eigenvalue weighted by molar-refractivity contribution is 0.0757. The quantitative estimate of drug-likeness (QED) is 0.794. The second-order valence-corrected chi connectivity index (χ2v) is 8.62. The highest BCUT2D eigenvalue weighted by atomic mass is 16.2. The van der Waals surface area contributed by atoms with Crippen LogP contribution >= 0.6 is 0 Å². The van der Waals surface area contributed by atoms with Gasteiger partial charge >= 0.3 is 0 Å². The predicted octanol–water partition coefficient (Wildman–Crippen LogP) is 2.89. The average molecular weight is 374 g/mol. The molecule has 0 saturated carbocycles. The zero-order chi connectivity index (χ0) is 19.8. The van der Waals surface area contributed by atoms with E-state index in [1.807, 2.05) is 11.8 Å². The summed E-state index contributed by atoms with van der Waals surface area (Å²) in [4.78, 5) is 29.0. The maximum atomic E-state index is 13.1. The largest absolute Gasteiger partial charge is 0.355 e. The van der Waals surface area contributed by atoms with Gasteiger partial charge in [0.25, 0.3) is 5.91 Å². The van der Waals surface area contributed by atoms with Crippen molar-refractivity contribution < 1.29 is 4.79 Å². The Morgan fingerprint density at radius 1 is 1.19 bits per heavy atom. The minimum atomic E-state index is -0.00789. The first-order chi connectivity index (χ1) is 12.8. The van der Waals surface area contributed by atoms with Crippen molar-refractivity contribution in [3.05, 3.63) is 17.1 Å². The first kappa shape index (κ1) is 20.1. The smallest absolute Gasteiger partial charge is 0.291 e. The summed E-state index contributed by atoms with van der Waals surface area (Å²) >= 11 is 0. The topological polar surface area (TPSA) is 52.6 Å². The molecule has 2 aliphatic heterocycles. The molecule has 2 saturated heterocycles. The van der Waals surface area contributed by atoms with E-state index in [1.54, 1.807) is 0 Å². The standard InChI is InChI=1S/C21H35N5O/c1-7-21(8-2)10-12-26(14-21)20(27)18-22-16(4)15(3)19(23-18)25-11-9-17(13-25)24(5)6/h17H,7-14H2,1-6H3/t17-/m1/s1. The van der Waals surface area contributed by atoms with Gasteiger partial charge in [-0.1, -0.05) is 13.8 Å². The summed E-state index contributed by atoms with van der Waals surface area (Å²) in [5.74, 6) is 1.29. The Bertz CT molecular complexity index is 698. The van der Waals surface area contributed by atoms with Crippen molar-refractivity contribution in [1.29, 1.82) is 0 Å². The van der Waals surface area contributed by atoms with E-state index in [4.69, 9.17) is 4.98 Å². The van der Waals surface area contributed by atoms with Crippen molar-refractivity contribution in [2.75, 3.05) is 45.2 Å². The molecule has 150 valence electrons. The number of aromatic nitrogens is 2. The number of likely N-dealkylation sites (N-methyl/N-ethyl adjacent to an activating group) is 1. The van der Waals surface area contributed by atoms with Gasteiger partial charge in [0.05, 0.1) is 0 Å². The van der Waals surface area contributed by atoms with Gasteiger partial charge < -0.3 is 14.7 Å². The SMILES string of the molecule is CCC1(CC)CCN(C(=O)c2nc(C)c(C)c(N3CC[C@@H](N(C)C)C3)n2)C1. The Morgan fingerprint density at radius 2 is 1.89 bits per heavy atom. The summed E-state index contributed by atoms with van der Waals surface area (Å²) in [6.07, 6.45) is 4.44. The van der Waals surface area contributed by atoms with Gasteiger partial charge in [0, 0.05) is 43.5 Å². The van der Waals surface area contributed by atoms with Gasteiger partial charge in [0.2, 0.25) is 5.82 Å². The minimum absolute atomic E-state index is 0.00789. The summed E-state index contributed by atoms with van der Waals surface area (Å²) in [6, 6.07) is 0.534. The van der Waals surface area contributed by atoms with Crippen LogP contribution in [0.3, 0.4) is 0 Å². The molecule has 0 aliphatic carbocycles. The van der Waals surface area contributed by atoms with Gasteiger partial charge in [-0.2, -0.15) is 0 Å². The zero-order valence-corrected chi connectivity index (χ0v) is 17.9. The van der Waals surface area contributed by atoms with Crippen molar-refractivity contribution in [1.82, 2.24) is 19.8 Å². The highest BCUT2D eigenvalue weighted by molar-refractivity contribution is 5.91. The second kappa shape index (κ2) is 7.74. The number of carbonyl (C=O) groups excluding carboxylic acids is 1. The summed E-state index contributed by atoms with van der Waals surface area (Å²) < 4.78 is 0. The fraction of sp³-hybridized carbons (Fsp3) is 0.762. The van der Waals surface area contributed by atoms with Crippen LogP contribution in [0.1, 0.15) is 61.4 Å². The first-order valence-electron chi connectivity index (χ1n) is 10.4. The predicted molar refractivity (Wildman–Crippen MR) is 109 cm³/mol. The van der Waals surface area contributed by atoms with Crippen LogP contribution in [0.25, 0.3) is 0 Å². The van der Waals surface area contributed by atoms with Gasteiger partial charge in [-0.25, -0.2) is 9.97 Å². The fourth-order valence-electron chi connectivity index (χ4n) is 4.45. The fourth-order valence-corrected chi connectivity index (χ4v) is 4.45. The molecule has 2 aliphatic rings. The Balaban J connectivity index is 1.83. The molecule has 0 bridgehead atoms. The molecule has 2 fully saturated rings. The molecule has 0 aromatic carbocycles. The molecule has 0 radical (unpaired) electrons. The van der Waals surface area contributed by atoms with E-state index in [1.165, 1.54) is 0 Å². The van der Waals surface area contributed by atoms with Gasteiger partial charge in [-0.3, -0.25) is 4.79 Å². The van der Waals surface area contributed by atoms with Crippen molar-refractivity contribution in [3.8, 4) is 0 Å². The molecule has 27 heavy (non-hydrogen) atoms. The number of carbonyl (C=O) groups is 1. The van der Waals surface area contributed by atoms with E-state index in [2.05, 4.69) is 49.7 Å². The molecule has 6 nitrogen and oxygen atoms in total. The van der Waals surface area contributed by atoms with E-state index in [9.17, 15) is 4.79 Å². The van der Waals surface area contributed by atoms with Crippen molar-refractivity contribution in [2.24, 2.45) is 5.41 Å². The molecule has 0 spiro atoms. The van der Waals surface area contributed by atoms with Crippen LogP contribution in [0.15, 0.2) is 0 Å². The Hall–Kier alpha value is -1.69. The number of rotatable bonds is 5. The molecular weight excluding hydrogens is 338 g/mol. The lowest BCUT2D eigenvalue weighted by Crippen LogP contribution is -2.34. The summed E-state index contributed by atoms with van der Waals surface area (Å²) in [6.45, 7) is 12.1. The van der Waals surface area contributed by atoms with Gasteiger partial charge in [-0.05, 0) is 59.0 Å². The number of hydrogen-bond acceptors (Lipinski definition) is 5. The number of aryl methyl sites for hydroxylation is 1. The zero-order valence-electron chi connectivity index (χ0n) is 17.9. The molecule has 3 heterocycles. The molecule has 3 rings (SSSR count). The Kier molecular flexibility index (Phi) is 5.75. The number of hydrogen-bond donors (Lipinski definition) is 0. The minimum Gasteiger partial charge on any atom is -0.355 e. The third-order valence-electron chi connectivity index (χ3n) is 6.97. The number of nitrogens with zero attached hydrogens (tertiary/aromatic N) is 5. The Labute approximate surface area is 164 Å². The lowest BCUT2D eigenvalue weighted by Gasteiger charge is -2.26. The molecule has 1 atom stereocenters. The van der Waals surface area contributed by atoms with Crippen molar-refractivity contribution >= 4 is 11.7 Å². The lowest BCUT2D eigenvalue weighted by atomic mass is 9.82. The van der Waals surface area contributed by atoms with Gasteiger partial charge in [0.1, 0.15) is 5.82 Å². The molecular formula is C21H35N5O.